The van der Waals surface area contributed by atoms with Gasteiger partial charge in [-0.15, -0.1) is 0 Å². The molecular weight excluding hydrogens is 272 g/mol. The minimum absolute atomic E-state index is 0. The van der Waals surface area contributed by atoms with Crippen LogP contribution in [0, 0.1) is 0 Å². The van der Waals surface area contributed by atoms with Crippen LogP contribution < -0.4 is 0 Å². The molecule has 0 saturated heterocycles. The van der Waals surface area contributed by atoms with E-state index in [1.165, 1.54) is 6.92 Å². The van der Waals surface area contributed by atoms with Crippen LogP contribution in [-0.2, 0) is 9.53 Å². The maximum absolute atomic E-state index is 9.82. The van der Waals surface area contributed by atoms with Crippen molar-refractivity contribution in [3.05, 3.63) is 0 Å². The average Bonchev–Trinajstić information content (AvgIpc) is 1.35. The third-order valence-corrected chi connectivity index (χ3v) is 0.348. The normalized spacial score (nSPS) is 2.56. The molecule has 0 unspecified atom stereocenters. The van der Waals surface area contributed by atoms with Crippen molar-refractivity contribution in [2.24, 2.45) is 0 Å². The van der Waals surface area contributed by atoms with Crippen molar-refractivity contribution in [1.29, 1.82) is 0 Å². The van der Waals surface area contributed by atoms with E-state index in [0.717, 1.165) is 0 Å². The van der Waals surface area contributed by atoms with Crippen molar-refractivity contribution >= 4 is 5.97 Å². The van der Waals surface area contributed by atoms with Crippen molar-refractivity contribution in [2.45, 2.75) is 13.8 Å². The molecule has 0 amide bonds. The molecule has 132 valence electrons. The van der Waals surface area contributed by atoms with Crippen LogP contribution in [0.3, 0.4) is 0 Å². The van der Waals surface area contributed by atoms with Crippen molar-refractivity contribution in [3.8, 4) is 0 Å². The van der Waals surface area contributed by atoms with Crippen LogP contribution in [0.1, 0.15) is 13.8 Å². The summed E-state index contributed by atoms with van der Waals surface area (Å²) in [6.45, 7) is 3.65. The molecule has 24 N–H and O–H groups in total. The van der Waals surface area contributed by atoms with Crippen LogP contribution in [0.4, 0.5) is 0 Å². The predicted molar refractivity (Wildman–Crippen MR) is 65.7 cm³/mol. The Morgan fingerprint density at radius 1 is 0.667 bits per heavy atom. The quantitative estimate of drug-likeness (QED) is 0.425. The van der Waals surface area contributed by atoms with E-state index in [4.69, 9.17) is 0 Å². The highest BCUT2D eigenvalue weighted by atomic mass is 16.5. The molecule has 0 saturated carbocycles. The summed E-state index contributed by atoms with van der Waals surface area (Å²) in [6, 6.07) is 0. The van der Waals surface area contributed by atoms with Gasteiger partial charge < -0.3 is 70.5 Å². The van der Waals surface area contributed by atoms with Crippen molar-refractivity contribution < 1.29 is 75.2 Å². The van der Waals surface area contributed by atoms with Crippen LogP contribution in [0.25, 0.3) is 0 Å². The molecule has 18 heavy (non-hydrogen) atoms. The lowest BCUT2D eigenvalue weighted by Gasteiger charge is -1.89. The second kappa shape index (κ2) is 226. The Balaban J connectivity index is -0.00000000189. The third kappa shape index (κ3) is 741. The van der Waals surface area contributed by atoms with Crippen LogP contribution in [0.2, 0.25) is 0 Å². The van der Waals surface area contributed by atoms with Gasteiger partial charge in [-0.25, -0.2) is 0 Å². The Labute approximate surface area is 103 Å². The fourth-order valence-electron chi connectivity index (χ4n) is 0.203. The molecule has 0 radical (unpaired) electrons. The Kier molecular flexibility index (Phi) is 3420. The van der Waals surface area contributed by atoms with E-state index >= 15 is 0 Å². The first-order valence-corrected chi connectivity index (χ1v) is 1.90. The van der Waals surface area contributed by atoms with Crippen LogP contribution in [0.5, 0.6) is 0 Å². The fourth-order valence-corrected chi connectivity index (χ4v) is 0.203. The van der Waals surface area contributed by atoms with Gasteiger partial charge in [-0.3, -0.25) is 4.79 Å². The van der Waals surface area contributed by atoms with Gasteiger partial charge in [0.2, 0.25) is 0 Å². The molecule has 0 rings (SSSR count). The summed E-state index contributed by atoms with van der Waals surface area (Å²) in [5.41, 5.74) is 0. The smallest absolute Gasteiger partial charge is 0.302 e. The Morgan fingerprint density at radius 3 is 0.833 bits per heavy atom. The van der Waals surface area contributed by atoms with Crippen molar-refractivity contribution in [1.82, 2.24) is 0 Å². The van der Waals surface area contributed by atoms with Gasteiger partial charge in [0.25, 0.3) is 0 Å². The van der Waals surface area contributed by atoms with Gasteiger partial charge in [-0.05, 0) is 6.92 Å². The molecule has 0 spiro atoms. The van der Waals surface area contributed by atoms with Gasteiger partial charge in [0.05, 0.1) is 6.61 Å². The van der Waals surface area contributed by atoms with Crippen molar-refractivity contribution in [2.75, 3.05) is 6.61 Å². The zero-order chi connectivity index (χ0) is 4.99. The molecule has 0 aromatic heterocycles. The number of esters is 1. The molecular formula is C4H32O14. The number of carbonyl (C=O) groups is 1. The first-order chi connectivity index (χ1) is 2.77. The summed E-state index contributed by atoms with van der Waals surface area (Å²) < 4.78 is 4.40. The highest BCUT2D eigenvalue weighted by Gasteiger charge is 1.81. The Morgan fingerprint density at radius 2 is 0.833 bits per heavy atom. The molecule has 0 aromatic rings. The standard InChI is InChI=1S/C4H8O2.12H2O/c1-3-6-4(2)5;;;;;;;;;;;;/h3H2,1-2H3;12*1H2. The van der Waals surface area contributed by atoms with Crippen LogP contribution >= 0.6 is 0 Å². The van der Waals surface area contributed by atoms with Gasteiger partial charge >= 0.3 is 5.97 Å². The zero-order valence-corrected chi connectivity index (χ0v) is 10.0. The van der Waals surface area contributed by atoms with E-state index in [0.29, 0.717) is 6.61 Å². The van der Waals surface area contributed by atoms with Gasteiger partial charge in [0, 0.05) is 6.92 Å². The lowest BCUT2D eigenvalue weighted by Crippen LogP contribution is -1.95. The van der Waals surface area contributed by atoms with Gasteiger partial charge in [-0.1, -0.05) is 0 Å². The van der Waals surface area contributed by atoms with Gasteiger partial charge in [-0.2, -0.15) is 0 Å². The van der Waals surface area contributed by atoms with E-state index in [9.17, 15) is 4.79 Å². The molecule has 14 nitrogen and oxygen atoms in total. The first kappa shape index (κ1) is 273. The summed E-state index contributed by atoms with van der Waals surface area (Å²) in [6.07, 6.45) is 0. The monoisotopic (exact) mass is 304 g/mol. The lowest BCUT2D eigenvalue weighted by atomic mass is 10.8. The Hall–Kier alpha value is -1.01. The first-order valence-electron chi connectivity index (χ1n) is 1.90. The summed E-state index contributed by atoms with van der Waals surface area (Å²) in [5, 5.41) is 0. The Bertz CT molecular complexity index is 57.8. The molecule has 0 bridgehead atoms. The van der Waals surface area contributed by atoms with E-state index < -0.39 is 0 Å². The molecule has 0 aromatic carbocycles. The zero-order valence-electron chi connectivity index (χ0n) is 10.0. The number of rotatable bonds is 1. The summed E-state index contributed by atoms with van der Waals surface area (Å²) in [4.78, 5) is 9.82. The minimum atomic E-state index is -0.211. The summed E-state index contributed by atoms with van der Waals surface area (Å²) in [7, 11) is 0. The van der Waals surface area contributed by atoms with E-state index in [1.807, 2.05) is 0 Å². The van der Waals surface area contributed by atoms with Crippen LogP contribution in [0.15, 0.2) is 0 Å². The van der Waals surface area contributed by atoms with E-state index in [2.05, 4.69) is 4.74 Å². The fraction of sp³-hybridized carbons (Fsp3) is 0.750. The molecule has 0 heterocycles. The highest BCUT2D eigenvalue weighted by molar-refractivity contribution is 5.65. The number of carbonyl (C=O) groups excluding carboxylic acids is 1. The summed E-state index contributed by atoms with van der Waals surface area (Å²) in [5.74, 6) is -0.211. The molecule has 0 aliphatic carbocycles. The van der Waals surface area contributed by atoms with E-state index in [-0.39, 0.29) is 71.7 Å². The highest BCUT2D eigenvalue weighted by Crippen LogP contribution is 1.69. The predicted octanol–water partition coefficient (Wildman–Crippen LogP) is -9.33. The minimum Gasteiger partial charge on any atom is -0.466 e. The molecule has 0 aliphatic heterocycles. The van der Waals surface area contributed by atoms with Gasteiger partial charge in [0.15, 0.2) is 0 Å². The molecule has 0 fully saturated rings. The average molecular weight is 304 g/mol. The second-order valence-corrected chi connectivity index (χ2v) is 0.925. The maximum Gasteiger partial charge on any atom is 0.302 e. The lowest BCUT2D eigenvalue weighted by molar-refractivity contribution is -0.140. The largest absolute Gasteiger partial charge is 0.466 e. The number of hydrogen-bond acceptors (Lipinski definition) is 2. The van der Waals surface area contributed by atoms with E-state index in [1.54, 1.807) is 6.92 Å². The molecule has 0 aliphatic rings. The SMILES string of the molecule is CCOC(C)=O.O.O.O.O.O.O.O.O.O.O.O.O. The topological polar surface area (TPSA) is 404 Å². The third-order valence-electron chi connectivity index (χ3n) is 0.348. The van der Waals surface area contributed by atoms with Gasteiger partial charge in [0.1, 0.15) is 0 Å². The number of ether oxygens (including phenoxy) is 1. The second-order valence-electron chi connectivity index (χ2n) is 0.925. The molecule has 0 atom stereocenters. The van der Waals surface area contributed by atoms with Crippen LogP contribution in [-0.4, -0.2) is 78.3 Å². The molecule has 14 heteroatoms. The number of hydrogen-bond donors (Lipinski definition) is 0. The maximum atomic E-state index is 9.82. The summed E-state index contributed by atoms with van der Waals surface area (Å²) >= 11 is 0. The van der Waals surface area contributed by atoms with Crippen molar-refractivity contribution in [3.63, 3.8) is 0 Å².